The molecule has 0 aliphatic carbocycles. The lowest BCUT2D eigenvalue weighted by molar-refractivity contribution is -0.150. The lowest BCUT2D eigenvalue weighted by atomic mass is 10.0. The van der Waals surface area contributed by atoms with E-state index in [9.17, 15) is 14.4 Å². The largest absolute Gasteiger partial charge is 0.465 e. The topological polar surface area (TPSA) is 85.4 Å². The number of esters is 2. The van der Waals surface area contributed by atoms with Crippen LogP contribution in [0.4, 0.5) is 0 Å². The molecule has 1 amide bonds. The summed E-state index contributed by atoms with van der Waals surface area (Å²) < 4.78 is 17.5. The second-order valence-electron chi connectivity index (χ2n) is 15.9. The number of amides is 1. The molecule has 0 N–H and O–H groups in total. The second-order valence-corrected chi connectivity index (χ2v) is 15.9. The van der Waals surface area contributed by atoms with Crippen molar-refractivity contribution >= 4 is 17.8 Å². The number of hydrogen-bond donors (Lipinski definition) is 0. The average molecular weight is 779 g/mol. The molecule has 0 aromatic heterocycles. The SMILES string of the molecule is CCCCCCCCC(CCCCCCCC)OC(=O)CCCCCN(CCCN(C)C)C(=O)CCCCOC(=O)C(C)c1ccc(Oc2ccccc2)cc1. The smallest absolute Gasteiger partial charge is 0.313 e. The van der Waals surface area contributed by atoms with Crippen molar-refractivity contribution in [2.75, 3.05) is 40.3 Å². The van der Waals surface area contributed by atoms with Crippen LogP contribution in [-0.2, 0) is 23.9 Å². The van der Waals surface area contributed by atoms with E-state index in [4.69, 9.17) is 14.2 Å². The van der Waals surface area contributed by atoms with Gasteiger partial charge < -0.3 is 24.0 Å². The van der Waals surface area contributed by atoms with E-state index < -0.39 is 5.92 Å². The molecule has 0 fully saturated rings. The Morgan fingerprint density at radius 3 is 1.77 bits per heavy atom. The van der Waals surface area contributed by atoms with Gasteiger partial charge in [0, 0.05) is 25.9 Å². The standard InChI is InChI=1S/C48H78N2O6/c1-6-8-10-12-14-18-29-44(30-19-15-13-11-9-7-2)56-47(52)32-22-17-24-38-50(39-26-37-49(4)5)46(51)31-23-25-40-54-48(53)41(3)42-33-35-45(36-34-42)55-43-27-20-16-21-28-43/h16,20-21,27-28,33-36,41,44H,6-15,17-19,22-26,29-32,37-40H2,1-5H3. The zero-order valence-corrected chi connectivity index (χ0v) is 36.1. The number of unbranched alkanes of at least 4 members (excludes halogenated alkanes) is 13. The van der Waals surface area contributed by atoms with E-state index in [1.807, 2.05) is 66.4 Å². The summed E-state index contributed by atoms with van der Waals surface area (Å²) in [6.07, 6.45) is 22.7. The highest BCUT2D eigenvalue weighted by molar-refractivity contribution is 5.78. The third-order valence-electron chi connectivity index (χ3n) is 10.5. The third-order valence-corrected chi connectivity index (χ3v) is 10.5. The fourth-order valence-corrected chi connectivity index (χ4v) is 6.92. The van der Waals surface area contributed by atoms with Crippen LogP contribution >= 0.6 is 0 Å². The minimum Gasteiger partial charge on any atom is -0.465 e. The van der Waals surface area contributed by atoms with Crippen molar-refractivity contribution < 1.29 is 28.6 Å². The molecule has 1 atom stereocenters. The van der Waals surface area contributed by atoms with Gasteiger partial charge in [-0.05, 0) is 115 Å². The van der Waals surface area contributed by atoms with Crippen molar-refractivity contribution in [2.45, 2.75) is 174 Å². The highest BCUT2D eigenvalue weighted by atomic mass is 16.5. The third kappa shape index (κ3) is 23.6. The molecule has 8 heteroatoms. The fourth-order valence-electron chi connectivity index (χ4n) is 6.92. The Morgan fingerprint density at radius 2 is 1.14 bits per heavy atom. The number of carbonyl (C=O) groups is 3. The van der Waals surface area contributed by atoms with Gasteiger partial charge in [-0.1, -0.05) is 115 Å². The number of hydrogen-bond acceptors (Lipinski definition) is 7. The maximum Gasteiger partial charge on any atom is 0.313 e. The predicted molar refractivity (Wildman–Crippen MR) is 230 cm³/mol. The van der Waals surface area contributed by atoms with Crippen LogP contribution in [0.5, 0.6) is 11.5 Å². The first-order valence-corrected chi connectivity index (χ1v) is 22.3. The first-order chi connectivity index (χ1) is 27.2. The monoisotopic (exact) mass is 779 g/mol. The maximum absolute atomic E-state index is 13.3. The lowest BCUT2D eigenvalue weighted by Crippen LogP contribution is -2.34. The molecule has 8 nitrogen and oxygen atoms in total. The summed E-state index contributed by atoms with van der Waals surface area (Å²) in [7, 11) is 4.10. The minimum atomic E-state index is -0.395. The zero-order valence-electron chi connectivity index (χ0n) is 36.1. The number of benzene rings is 2. The minimum absolute atomic E-state index is 0.0508. The van der Waals surface area contributed by atoms with Gasteiger partial charge in [-0.3, -0.25) is 14.4 Å². The Kier molecular flexibility index (Phi) is 27.6. The quantitative estimate of drug-likeness (QED) is 0.0516. The van der Waals surface area contributed by atoms with Gasteiger partial charge in [-0.25, -0.2) is 0 Å². The van der Waals surface area contributed by atoms with Crippen molar-refractivity contribution in [2.24, 2.45) is 0 Å². The number of carbonyl (C=O) groups excluding carboxylic acids is 3. The first-order valence-electron chi connectivity index (χ1n) is 22.3. The Labute approximate surface area is 341 Å². The van der Waals surface area contributed by atoms with Crippen molar-refractivity contribution in [3.8, 4) is 11.5 Å². The van der Waals surface area contributed by atoms with E-state index in [1.54, 1.807) is 0 Å². The molecule has 2 aromatic carbocycles. The van der Waals surface area contributed by atoms with E-state index in [0.717, 1.165) is 75.8 Å². The molecule has 0 radical (unpaired) electrons. The fraction of sp³-hybridized carbons (Fsp3) is 0.688. The van der Waals surface area contributed by atoms with Crippen LogP contribution in [0.25, 0.3) is 0 Å². The van der Waals surface area contributed by atoms with Crippen LogP contribution in [0.2, 0.25) is 0 Å². The molecule has 1 unspecified atom stereocenters. The second kappa shape index (κ2) is 31.7. The number of ether oxygens (including phenoxy) is 3. The Morgan fingerprint density at radius 1 is 0.589 bits per heavy atom. The van der Waals surface area contributed by atoms with Crippen LogP contribution in [0.1, 0.15) is 174 Å². The van der Waals surface area contributed by atoms with Gasteiger partial charge in [0.25, 0.3) is 0 Å². The van der Waals surface area contributed by atoms with Crippen LogP contribution < -0.4 is 4.74 Å². The highest BCUT2D eigenvalue weighted by Crippen LogP contribution is 2.25. The van der Waals surface area contributed by atoms with Gasteiger partial charge in [0.15, 0.2) is 0 Å². The van der Waals surface area contributed by atoms with Gasteiger partial charge in [0.2, 0.25) is 5.91 Å². The van der Waals surface area contributed by atoms with E-state index >= 15 is 0 Å². The Balaban J connectivity index is 1.71. The van der Waals surface area contributed by atoms with Gasteiger partial charge in [-0.15, -0.1) is 0 Å². The van der Waals surface area contributed by atoms with Crippen LogP contribution in [-0.4, -0.2) is 74.1 Å². The summed E-state index contributed by atoms with van der Waals surface area (Å²) in [6.45, 7) is 8.97. The molecule has 0 heterocycles. The number of rotatable bonds is 34. The van der Waals surface area contributed by atoms with Crippen molar-refractivity contribution in [3.05, 3.63) is 60.2 Å². The first kappa shape index (κ1) is 48.8. The Hall–Kier alpha value is -3.39. The summed E-state index contributed by atoms with van der Waals surface area (Å²) >= 11 is 0. The summed E-state index contributed by atoms with van der Waals surface area (Å²) in [5.41, 5.74) is 0.868. The van der Waals surface area contributed by atoms with Gasteiger partial charge in [0.1, 0.15) is 17.6 Å². The van der Waals surface area contributed by atoms with Crippen LogP contribution in [0.3, 0.4) is 0 Å². The molecule has 2 aromatic rings. The van der Waals surface area contributed by atoms with E-state index in [1.165, 1.54) is 64.2 Å². The molecular weight excluding hydrogens is 701 g/mol. The number of nitrogens with zero attached hydrogens (tertiary/aromatic N) is 2. The predicted octanol–water partition coefficient (Wildman–Crippen LogP) is 12.0. The highest BCUT2D eigenvalue weighted by Gasteiger charge is 2.18. The van der Waals surface area contributed by atoms with Crippen LogP contribution in [0.15, 0.2) is 54.6 Å². The molecule has 0 saturated heterocycles. The summed E-state index contributed by atoms with van der Waals surface area (Å²) in [4.78, 5) is 43.1. The zero-order chi connectivity index (χ0) is 40.6. The number of para-hydroxylation sites is 1. The van der Waals surface area contributed by atoms with Crippen LogP contribution in [0, 0.1) is 0 Å². The van der Waals surface area contributed by atoms with Gasteiger partial charge in [0.05, 0.1) is 12.5 Å². The van der Waals surface area contributed by atoms with Gasteiger partial charge in [-0.2, -0.15) is 0 Å². The molecule has 56 heavy (non-hydrogen) atoms. The summed E-state index contributed by atoms with van der Waals surface area (Å²) in [5.74, 6) is 0.890. The molecule has 0 aliphatic rings. The molecule has 0 bridgehead atoms. The molecular formula is C48H78N2O6. The van der Waals surface area contributed by atoms with E-state index in [0.29, 0.717) is 44.6 Å². The van der Waals surface area contributed by atoms with E-state index in [-0.39, 0.29) is 23.9 Å². The summed E-state index contributed by atoms with van der Waals surface area (Å²) in [6, 6.07) is 17.1. The van der Waals surface area contributed by atoms with Crippen molar-refractivity contribution in [1.82, 2.24) is 9.80 Å². The molecule has 316 valence electrons. The van der Waals surface area contributed by atoms with E-state index in [2.05, 4.69) is 32.8 Å². The average Bonchev–Trinajstić information content (AvgIpc) is 3.19. The lowest BCUT2D eigenvalue weighted by Gasteiger charge is -2.24. The van der Waals surface area contributed by atoms with Gasteiger partial charge >= 0.3 is 11.9 Å². The molecule has 0 spiro atoms. The molecule has 2 rings (SSSR count). The van der Waals surface area contributed by atoms with Crippen molar-refractivity contribution in [1.29, 1.82) is 0 Å². The maximum atomic E-state index is 13.3. The summed E-state index contributed by atoms with van der Waals surface area (Å²) in [5, 5.41) is 0. The molecule has 0 saturated carbocycles. The Bertz CT molecular complexity index is 1270. The van der Waals surface area contributed by atoms with Crippen molar-refractivity contribution in [3.63, 3.8) is 0 Å². The normalized spacial score (nSPS) is 11.8. The molecule has 0 aliphatic heterocycles.